The number of anilines is 2. The fourth-order valence-electron chi connectivity index (χ4n) is 3.12. The van der Waals surface area contributed by atoms with Gasteiger partial charge in [0.2, 0.25) is 15.9 Å². The second-order valence-corrected chi connectivity index (χ2v) is 8.95. The molecule has 33 heavy (non-hydrogen) atoms. The van der Waals surface area contributed by atoms with E-state index >= 15 is 0 Å². The van der Waals surface area contributed by atoms with Gasteiger partial charge in [-0.3, -0.25) is 9.59 Å². The van der Waals surface area contributed by atoms with Crippen molar-refractivity contribution in [1.82, 2.24) is 4.72 Å². The van der Waals surface area contributed by atoms with Crippen molar-refractivity contribution < 1.29 is 22.7 Å². The lowest BCUT2D eigenvalue weighted by Gasteiger charge is -2.13. The summed E-state index contributed by atoms with van der Waals surface area (Å²) in [6.07, 6.45) is 0.525. The smallest absolute Gasteiger partial charge is 0.255 e. The van der Waals surface area contributed by atoms with Gasteiger partial charge in [0.1, 0.15) is 10.6 Å². The number of hydrogen-bond donors (Lipinski definition) is 3. The van der Waals surface area contributed by atoms with Crippen LogP contribution in [0.2, 0.25) is 0 Å². The van der Waals surface area contributed by atoms with Crippen molar-refractivity contribution in [2.45, 2.75) is 18.2 Å². The van der Waals surface area contributed by atoms with Crippen LogP contribution in [-0.2, 0) is 21.2 Å². The summed E-state index contributed by atoms with van der Waals surface area (Å²) in [5.74, 6) is -0.541. The molecular weight excluding hydrogens is 442 g/mol. The molecular formula is C24H25N3O5S. The maximum absolute atomic E-state index is 12.9. The molecule has 0 radical (unpaired) electrons. The highest BCUT2D eigenvalue weighted by Crippen LogP contribution is 2.25. The van der Waals surface area contributed by atoms with Crippen LogP contribution in [0.25, 0.3) is 0 Å². The van der Waals surface area contributed by atoms with Gasteiger partial charge in [0, 0.05) is 30.4 Å². The largest absolute Gasteiger partial charge is 0.495 e. The standard InChI is InChI=1S/C24H25N3O5S/c1-17(28)26-20-9-11-21(12-10-20)27-24(29)19-8-13-22(32-2)23(16-19)33(30,31)25-15-14-18-6-4-3-5-7-18/h3-13,16,25H,14-15H2,1-2H3,(H,26,28)(H,27,29). The molecule has 0 aliphatic heterocycles. The van der Waals surface area contributed by atoms with Crippen molar-refractivity contribution in [2.24, 2.45) is 0 Å². The molecule has 0 aliphatic carbocycles. The van der Waals surface area contributed by atoms with E-state index in [0.29, 0.717) is 17.8 Å². The van der Waals surface area contributed by atoms with Crippen molar-refractivity contribution in [2.75, 3.05) is 24.3 Å². The Hall–Kier alpha value is -3.69. The van der Waals surface area contributed by atoms with Crippen LogP contribution in [0.5, 0.6) is 5.75 Å². The van der Waals surface area contributed by atoms with Crippen molar-refractivity contribution in [3.8, 4) is 5.75 Å². The molecule has 2 amide bonds. The summed E-state index contributed by atoms with van der Waals surface area (Å²) in [5.41, 5.74) is 2.25. The maximum atomic E-state index is 12.9. The Morgan fingerprint density at radius 2 is 1.52 bits per heavy atom. The van der Waals surface area contributed by atoms with Gasteiger partial charge in [-0.25, -0.2) is 13.1 Å². The third kappa shape index (κ3) is 6.64. The van der Waals surface area contributed by atoms with Gasteiger partial charge in [-0.05, 0) is 54.4 Å². The topological polar surface area (TPSA) is 114 Å². The Labute approximate surface area is 193 Å². The molecule has 0 aliphatic rings. The number of nitrogens with one attached hydrogen (secondary N) is 3. The Morgan fingerprint density at radius 3 is 2.12 bits per heavy atom. The molecule has 3 rings (SSSR count). The summed E-state index contributed by atoms with van der Waals surface area (Å²) in [5, 5.41) is 5.35. The number of hydrogen-bond acceptors (Lipinski definition) is 5. The minimum atomic E-state index is -3.91. The van der Waals surface area contributed by atoms with Crippen LogP contribution in [0.3, 0.4) is 0 Å². The molecule has 0 bridgehead atoms. The number of benzene rings is 3. The quantitative estimate of drug-likeness (QED) is 0.446. The average molecular weight is 468 g/mol. The van der Waals surface area contributed by atoms with Crippen LogP contribution < -0.4 is 20.1 Å². The molecule has 0 aromatic heterocycles. The lowest BCUT2D eigenvalue weighted by atomic mass is 10.2. The molecule has 0 saturated heterocycles. The van der Waals surface area contributed by atoms with Crippen LogP contribution in [0.4, 0.5) is 11.4 Å². The number of carbonyl (C=O) groups is 2. The lowest BCUT2D eigenvalue weighted by molar-refractivity contribution is -0.114. The van der Waals surface area contributed by atoms with Gasteiger partial charge in [0.15, 0.2) is 0 Å². The van der Waals surface area contributed by atoms with E-state index in [1.807, 2.05) is 30.3 Å². The summed E-state index contributed by atoms with van der Waals surface area (Å²) in [4.78, 5) is 23.7. The second-order valence-electron chi connectivity index (χ2n) is 7.21. The maximum Gasteiger partial charge on any atom is 0.255 e. The Balaban J connectivity index is 1.73. The van der Waals surface area contributed by atoms with Gasteiger partial charge in [-0.15, -0.1) is 0 Å². The first kappa shape index (κ1) is 24.0. The second kappa shape index (κ2) is 10.8. The van der Waals surface area contributed by atoms with E-state index in [1.54, 1.807) is 24.3 Å². The lowest BCUT2D eigenvalue weighted by Crippen LogP contribution is -2.27. The van der Waals surface area contributed by atoms with Crippen molar-refractivity contribution in [1.29, 1.82) is 0 Å². The molecule has 0 spiro atoms. The first-order valence-electron chi connectivity index (χ1n) is 10.2. The van der Waals surface area contributed by atoms with Gasteiger partial charge in [0.25, 0.3) is 5.91 Å². The highest BCUT2D eigenvalue weighted by molar-refractivity contribution is 7.89. The molecule has 3 aromatic rings. The Bertz CT molecular complexity index is 1230. The van der Waals surface area contributed by atoms with E-state index in [1.165, 1.54) is 32.2 Å². The molecule has 3 aromatic carbocycles. The molecule has 172 valence electrons. The van der Waals surface area contributed by atoms with Gasteiger partial charge in [-0.1, -0.05) is 30.3 Å². The molecule has 0 unspecified atom stereocenters. The first-order valence-corrected chi connectivity index (χ1v) is 11.7. The number of methoxy groups -OCH3 is 1. The third-order valence-corrected chi connectivity index (χ3v) is 6.21. The van der Waals surface area contributed by atoms with E-state index in [0.717, 1.165) is 5.56 Å². The van der Waals surface area contributed by atoms with Gasteiger partial charge in [-0.2, -0.15) is 0 Å². The molecule has 8 nitrogen and oxygen atoms in total. The fourth-order valence-corrected chi connectivity index (χ4v) is 4.35. The molecule has 0 fully saturated rings. The van der Waals surface area contributed by atoms with E-state index in [4.69, 9.17) is 4.74 Å². The minimum Gasteiger partial charge on any atom is -0.495 e. The van der Waals surface area contributed by atoms with Crippen LogP contribution in [0.15, 0.2) is 77.7 Å². The zero-order chi connectivity index (χ0) is 23.8. The predicted molar refractivity (Wildman–Crippen MR) is 127 cm³/mol. The van der Waals surface area contributed by atoms with E-state index < -0.39 is 15.9 Å². The van der Waals surface area contributed by atoms with Crippen LogP contribution in [0.1, 0.15) is 22.8 Å². The molecule has 0 saturated carbocycles. The van der Waals surface area contributed by atoms with Gasteiger partial charge >= 0.3 is 0 Å². The first-order chi connectivity index (χ1) is 15.8. The number of ether oxygens (including phenoxy) is 1. The summed E-state index contributed by atoms with van der Waals surface area (Å²) >= 11 is 0. The van der Waals surface area contributed by atoms with Gasteiger partial charge < -0.3 is 15.4 Å². The summed E-state index contributed by atoms with van der Waals surface area (Å²) < 4.78 is 33.6. The number of amides is 2. The van der Waals surface area contributed by atoms with E-state index in [-0.39, 0.29) is 28.7 Å². The summed E-state index contributed by atoms with van der Waals surface area (Å²) in [6.45, 7) is 1.61. The summed E-state index contributed by atoms with van der Waals surface area (Å²) in [7, 11) is -2.54. The normalized spacial score (nSPS) is 11.0. The van der Waals surface area contributed by atoms with E-state index in [2.05, 4.69) is 15.4 Å². The van der Waals surface area contributed by atoms with Crippen molar-refractivity contribution in [3.63, 3.8) is 0 Å². The minimum absolute atomic E-state index is 0.119. The molecule has 9 heteroatoms. The number of carbonyl (C=O) groups excluding carboxylic acids is 2. The SMILES string of the molecule is COc1ccc(C(=O)Nc2ccc(NC(C)=O)cc2)cc1S(=O)(=O)NCCc1ccccc1. The monoisotopic (exact) mass is 467 g/mol. The Morgan fingerprint density at radius 1 is 0.879 bits per heavy atom. The van der Waals surface area contributed by atoms with Crippen molar-refractivity contribution >= 4 is 33.2 Å². The van der Waals surface area contributed by atoms with Crippen LogP contribution >= 0.6 is 0 Å². The highest BCUT2D eigenvalue weighted by atomic mass is 32.2. The van der Waals surface area contributed by atoms with Crippen molar-refractivity contribution in [3.05, 3.63) is 83.9 Å². The molecule has 0 heterocycles. The number of rotatable bonds is 9. The Kier molecular flexibility index (Phi) is 7.81. The zero-order valence-electron chi connectivity index (χ0n) is 18.3. The third-order valence-electron chi connectivity index (χ3n) is 4.73. The van der Waals surface area contributed by atoms with Gasteiger partial charge in [0.05, 0.1) is 7.11 Å². The van der Waals surface area contributed by atoms with Crippen LogP contribution in [-0.4, -0.2) is 33.9 Å². The highest BCUT2D eigenvalue weighted by Gasteiger charge is 2.21. The predicted octanol–water partition coefficient (Wildman–Crippen LogP) is 3.43. The zero-order valence-corrected chi connectivity index (χ0v) is 19.1. The van der Waals surface area contributed by atoms with Crippen LogP contribution in [0, 0.1) is 0 Å². The number of sulfonamides is 1. The average Bonchev–Trinajstić information content (AvgIpc) is 2.80. The fraction of sp³-hybridized carbons (Fsp3) is 0.167. The van der Waals surface area contributed by atoms with E-state index in [9.17, 15) is 18.0 Å². The molecule has 0 atom stereocenters. The molecule has 3 N–H and O–H groups in total. The summed E-state index contributed by atoms with van der Waals surface area (Å²) in [6, 6.07) is 20.3.